The number of nitrogens with one attached hydrogen (secondary N) is 2. The number of nitrogens with zero attached hydrogens (tertiary/aromatic N) is 3. The molecule has 10 heteroatoms. The average Bonchev–Trinajstić information content (AvgIpc) is 3.11. The van der Waals surface area contributed by atoms with E-state index in [1.165, 1.54) is 16.7 Å². The van der Waals surface area contributed by atoms with Gasteiger partial charge in [0.15, 0.2) is 4.77 Å². The van der Waals surface area contributed by atoms with E-state index in [-0.39, 0.29) is 27.9 Å². The van der Waals surface area contributed by atoms with Gasteiger partial charge in [0.05, 0.1) is 16.7 Å². The van der Waals surface area contributed by atoms with Crippen molar-refractivity contribution in [1.82, 2.24) is 15.0 Å². The number of aromatic amines is 1. The Morgan fingerprint density at radius 1 is 1.41 bits per heavy atom. The lowest BCUT2D eigenvalue weighted by molar-refractivity contribution is -0.384. The summed E-state index contributed by atoms with van der Waals surface area (Å²) in [5.74, 6) is -0.193. The number of aromatic nitrogens is 2. The maximum Gasteiger partial charge on any atom is 0.269 e. The Balaban J connectivity index is 1.87. The summed E-state index contributed by atoms with van der Waals surface area (Å²) in [7, 11) is 0. The van der Waals surface area contributed by atoms with Crippen LogP contribution in [-0.2, 0) is 6.54 Å². The average molecular weight is 389 g/mol. The van der Waals surface area contributed by atoms with E-state index in [0.717, 1.165) is 18.4 Å². The summed E-state index contributed by atoms with van der Waals surface area (Å²) >= 11 is 5.14. The highest BCUT2D eigenvalue weighted by atomic mass is 32.1. The number of aromatic hydroxyl groups is 1. The molecule has 0 saturated carbocycles. The first-order valence-electron chi connectivity index (χ1n) is 8.55. The summed E-state index contributed by atoms with van der Waals surface area (Å²) in [4.78, 5) is 25.3. The van der Waals surface area contributed by atoms with Crippen molar-refractivity contribution in [3.8, 4) is 5.88 Å². The molecule has 0 spiro atoms. The van der Waals surface area contributed by atoms with Crippen molar-refractivity contribution < 1.29 is 10.0 Å². The van der Waals surface area contributed by atoms with Crippen molar-refractivity contribution in [2.45, 2.75) is 38.8 Å². The molecule has 3 rings (SSSR count). The van der Waals surface area contributed by atoms with Gasteiger partial charge in [-0.05, 0) is 24.2 Å². The van der Waals surface area contributed by atoms with E-state index in [1.54, 1.807) is 12.1 Å². The second-order valence-electron chi connectivity index (χ2n) is 6.26. The predicted molar refractivity (Wildman–Crippen MR) is 103 cm³/mol. The molecule has 0 aliphatic carbocycles. The third kappa shape index (κ3) is 3.75. The Labute approximate surface area is 159 Å². The number of rotatable bonds is 6. The van der Waals surface area contributed by atoms with E-state index in [1.807, 2.05) is 6.92 Å². The first-order valence-corrected chi connectivity index (χ1v) is 8.96. The fourth-order valence-electron chi connectivity index (χ4n) is 2.96. The van der Waals surface area contributed by atoms with Gasteiger partial charge in [-0.2, -0.15) is 5.10 Å². The number of benzene rings is 1. The van der Waals surface area contributed by atoms with Crippen LogP contribution in [0.1, 0.15) is 43.4 Å². The Bertz CT molecular complexity index is 1010. The fourth-order valence-corrected chi connectivity index (χ4v) is 3.23. The SMILES string of the molecule is CCCCn1c(O)c(C2=NNC(c3ccc([N+](=O)[O-])cc3)C2)c(=O)[nH]c1=S. The van der Waals surface area contributed by atoms with E-state index in [2.05, 4.69) is 15.5 Å². The molecule has 1 unspecified atom stereocenters. The fraction of sp³-hybridized carbons (Fsp3) is 0.353. The lowest BCUT2D eigenvalue weighted by Gasteiger charge is -2.12. The van der Waals surface area contributed by atoms with Gasteiger partial charge < -0.3 is 10.5 Å². The Hall–Kier alpha value is -3.01. The van der Waals surface area contributed by atoms with E-state index >= 15 is 0 Å². The highest BCUT2D eigenvalue weighted by molar-refractivity contribution is 7.71. The Kier molecular flexibility index (Phi) is 5.36. The third-order valence-corrected chi connectivity index (χ3v) is 4.78. The zero-order valence-corrected chi connectivity index (χ0v) is 15.5. The molecule has 27 heavy (non-hydrogen) atoms. The number of unbranched alkanes of at least 4 members (excludes halogenated alkanes) is 1. The molecule has 0 saturated heterocycles. The molecule has 142 valence electrons. The molecule has 9 nitrogen and oxygen atoms in total. The van der Waals surface area contributed by atoms with Gasteiger partial charge >= 0.3 is 0 Å². The van der Waals surface area contributed by atoms with Gasteiger partial charge in [-0.15, -0.1) is 0 Å². The molecule has 3 N–H and O–H groups in total. The van der Waals surface area contributed by atoms with Crippen molar-refractivity contribution in [1.29, 1.82) is 0 Å². The van der Waals surface area contributed by atoms with Crippen LogP contribution in [0.5, 0.6) is 5.88 Å². The normalized spacial score (nSPS) is 16.0. The molecule has 1 aromatic carbocycles. The summed E-state index contributed by atoms with van der Waals surface area (Å²) in [6.07, 6.45) is 2.09. The first kappa shape index (κ1) is 18.8. The van der Waals surface area contributed by atoms with Gasteiger partial charge in [-0.1, -0.05) is 25.5 Å². The van der Waals surface area contributed by atoms with Crippen molar-refractivity contribution >= 4 is 23.6 Å². The minimum absolute atomic E-state index is 0.00461. The zero-order chi connectivity index (χ0) is 19.6. The lowest BCUT2D eigenvalue weighted by Crippen LogP contribution is -2.22. The molecule has 0 amide bonds. The van der Waals surface area contributed by atoms with Crippen LogP contribution >= 0.6 is 12.2 Å². The first-order chi connectivity index (χ1) is 12.9. The van der Waals surface area contributed by atoms with Crippen molar-refractivity contribution in [3.05, 3.63) is 60.6 Å². The van der Waals surface area contributed by atoms with Gasteiger partial charge in [0.2, 0.25) is 5.88 Å². The van der Waals surface area contributed by atoms with Crippen LogP contribution < -0.4 is 11.0 Å². The largest absolute Gasteiger partial charge is 0.494 e. The molecular weight excluding hydrogens is 370 g/mol. The number of H-pyrrole nitrogens is 1. The van der Waals surface area contributed by atoms with Crippen LogP contribution in [0.4, 0.5) is 5.69 Å². The number of hydrazone groups is 1. The molecule has 2 aromatic rings. The molecule has 1 aliphatic heterocycles. The monoisotopic (exact) mass is 389 g/mol. The van der Waals surface area contributed by atoms with Crippen LogP contribution in [0.2, 0.25) is 0 Å². The molecule has 0 fully saturated rings. The van der Waals surface area contributed by atoms with Crippen LogP contribution in [-0.4, -0.2) is 25.3 Å². The number of hydrogen-bond donors (Lipinski definition) is 3. The van der Waals surface area contributed by atoms with Crippen molar-refractivity contribution in [2.75, 3.05) is 0 Å². The third-order valence-electron chi connectivity index (χ3n) is 4.45. The topological polar surface area (TPSA) is 126 Å². The van der Waals surface area contributed by atoms with Crippen LogP contribution in [0.3, 0.4) is 0 Å². The Morgan fingerprint density at radius 3 is 2.74 bits per heavy atom. The summed E-state index contributed by atoms with van der Waals surface area (Å²) < 4.78 is 1.67. The number of non-ortho nitro benzene ring substituents is 1. The van der Waals surface area contributed by atoms with Gasteiger partial charge in [0, 0.05) is 25.1 Å². The van der Waals surface area contributed by atoms with Crippen molar-refractivity contribution in [2.24, 2.45) is 5.10 Å². The lowest BCUT2D eigenvalue weighted by atomic mass is 10.00. The van der Waals surface area contributed by atoms with E-state index in [4.69, 9.17) is 12.2 Å². The van der Waals surface area contributed by atoms with E-state index < -0.39 is 10.5 Å². The molecule has 0 radical (unpaired) electrons. The van der Waals surface area contributed by atoms with Gasteiger partial charge in [0.25, 0.3) is 11.2 Å². The minimum Gasteiger partial charge on any atom is -0.494 e. The highest BCUT2D eigenvalue weighted by Crippen LogP contribution is 2.27. The number of hydrogen-bond acceptors (Lipinski definition) is 7. The maximum absolute atomic E-state index is 12.4. The minimum atomic E-state index is -0.491. The maximum atomic E-state index is 12.4. The summed E-state index contributed by atoms with van der Waals surface area (Å²) in [5, 5.41) is 25.6. The number of nitro benzene ring substituents is 1. The number of nitro groups is 1. The highest BCUT2D eigenvalue weighted by Gasteiger charge is 2.27. The van der Waals surface area contributed by atoms with Crippen LogP contribution in [0.25, 0.3) is 0 Å². The molecule has 0 bridgehead atoms. The molecule has 2 heterocycles. The smallest absolute Gasteiger partial charge is 0.269 e. The second-order valence-corrected chi connectivity index (χ2v) is 6.64. The van der Waals surface area contributed by atoms with E-state index in [9.17, 15) is 20.0 Å². The van der Waals surface area contributed by atoms with Gasteiger partial charge in [0.1, 0.15) is 5.56 Å². The van der Waals surface area contributed by atoms with Crippen molar-refractivity contribution in [3.63, 3.8) is 0 Å². The van der Waals surface area contributed by atoms with Gasteiger partial charge in [-0.3, -0.25) is 24.5 Å². The van der Waals surface area contributed by atoms with Gasteiger partial charge in [-0.25, -0.2) is 0 Å². The second kappa shape index (κ2) is 7.70. The summed E-state index contributed by atoms with van der Waals surface area (Å²) in [6, 6.07) is 5.89. The molecule has 1 aromatic heterocycles. The zero-order valence-electron chi connectivity index (χ0n) is 14.6. The Morgan fingerprint density at radius 2 is 2.11 bits per heavy atom. The summed E-state index contributed by atoms with van der Waals surface area (Å²) in [5.41, 5.74) is 3.74. The molecular formula is C17H19N5O4S. The van der Waals surface area contributed by atoms with Crippen LogP contribution in [0.15, 0.2) is 34.2 Å². The standard InChI is InChI=1S/C17H19N5O4S/c1-2-3-8-21-16(24)14(15(23)18-17(21)27)13-9-12(19-20-13)10-4-6-11(7-5-10)22(25)26/h4-7,12,19,24H,2-3,8-9H2,1H3,(H,18,23,27). The quantitative estimate of drug-likeness (QED) is 0.396. The summed E-state index contributed by atoms with van der Waals surface area (Å²) in [6.45, 7) is 2.52. The van der Waals surface area contributed by atoms with Crippen LogP contribution in [0, 0.1) is 14.9 Å². The molecule has 1 aliphatic rings. The predicted octanol–water partition coefficient (Wildman–Crippen LogP) is 2.76. The molecule has 1 atom stereocenters. The van der Waals surface area contributed by atoms with E-state index in [0.29, 0.717) is 18.7 Å².